The van der Waals surface area contributed by atoms with Gasteiger partial charge in [0.1, 0.15) is 0 Å². The number of aliphatic hydroxyl groups is 1. The molecule has 1 rings (SSSR count). The van der Waals surface area contributed by atoms with Crippen LogP contribution in [-0.4, -0.2) is 44.6 Å². The van der Waals surface area contributed by atoms with Crippen LogP contribution in [0.2, 0.25) is 0 Å². The number of nitrogens with zero attached hydrogens (tertiary/aromatic N) is 2. The second-order valence-corrected chi connectivity index (χ2v) is 3.38. The maximum atomic E-state index is 11.3. The zero-order valence-corrected chi connectivity index (χ0v) is 9.25. The Morgan fingerprint density at radius 2 is 2.29 bits per heavy atom. The Balaban J connectivity index is 2.37. The molecular weight excluding hydrogens is 228 g/mol. The molecule has 0 aromatic carbocycles. The Hall–Kier alpha value is -2.09. The van der Waals surface area contributed by atoms with Gasteiger partial charge in [-0.05, 0) is 6.07 Å². The molecule has 0 saturated heterocycles. The summed E-state index contributed by atoms with van der Waals surface area (Å²) < 4.78 is 1.59. The number of hydrogen-bond donors (Lipinski definition) is 4. The number of carbonyl (C=O) groups excluding carboxylic acids is 1. The summed E-state index contributed by atoms with van der Waals surface area (Å²) in [5.41, 5.74) is 0.651. The molecule has 0 saturated carbocycles. The molecule has 0 unspecified atom stereocenters. The highest BCUT2D eigenvalue weighted by Crippen LogP contribution is 1.92. The van der Waals surface area contributed by atoms with Gasteiger partial charge in [0.2, 0.25) is 0 Å². The summed E-state index contributed by atoms with van der Waals surface area (Å²) in [5.74, 6) is -1.29. The first kappa shape index (κ1) is 13.0. The minimum atomic E-state index is -1.31. The van der Waals surface area contributed by atoms with Crippen molar-refractivity contribution >= 4 is 12.0 Å². The van der Waals surface area contributed by atoms with Gasteiger partial charge in [0.05, 0.1) is 18.8 Å². The molecule has 0 radical (unpaired) electrons. The van der Waals surface area contributed by atoms with Gasteiger partial charge in [-0.25, -0.2) is 9.59 Å². The third-order valence-electron chi connectivity index (χ3n) is 1.98. The third-order valence-corrected chi connectivity index (χ3v) is 1.98. The molecule has 1 atom stereocenters. The SMILES string of the molecule is Cn1ccc(CNC(=O)N[C@@H](CO)C(=O)O)n1. The standard InChI is InChI=1S/C9H14N4O4/c1-13-3-2-6(12-13)4-10-9(17)11-7(5-14)8(15)16/h2-3,7,14H,4-5H2,1H3,(H,15,16)(H2,10,11,17)/t7-/m0/s1. The number of aliphatic carboxylic acids is 1. The second-order valence-electron chi connectivity index (χ2n) is 3.38. The number of rotatable bonds is 5. The van der Waals surface area contributed by atoms with Crippen LogP contribution in [0.15, 0.2) is 12.3 Å². The number of urea groups is 1. The van der Waals surface area contributed by atoms with E-state index in [9.17, 15) is 9.59 Å². The van der Waals surface area contributed by atoms with Crippen molar-refractivity contribution in [1.82, 2.24) is 20.4 Å². The molecule has 0 aliphatic carbocycles. The fourth-order valence-electron chi connectivity index (χ4n) is 1.12. The van der Waals surface area contributed by atoms with Gasteiger partial charge in [-0.2, -0.15) is 5.10 Å². The summed E-state index contributed by atoms with van der Waals surface area (Å²) in [6.45, 7) is -0.475. The molecule has 0 aliphatic rings. The van der Waals surface area contributed by atoms with Crippen LogP contribution in [0.3, 0.4) is 0 Å². The third kappa shape index (κ3) is 4.11. The molecule has 0 bridgehead atoms. The second kappa shape index (κ2) is 5.85. The number of aryl methyl sites for hydroxylation is 1. The maximum Gasteiger partial charge on any atom is 0.328 e. The summed E-state index contributed by atoms with van der Waals surface area (Å²) in [4.78, 5) is 21.8. The first-order valence-corrected chi connectivity index (χ1v) is 4.89. The average Bonchev–Trinajstić information content (AvgIpc) is 2.68. The minimum Gasteiger partial charge on any atom is -0.480 e. The number of carboxylic acid groups (broad SMARTS) is 1. The number of hydrogen-bond acceptors (Lipinski definition) is 4. The fourth-order valence-corrected chi connectivity index (χ4v) is 1.12. The molecule has 1 aromatic rings. The Bertz CT molecular complexity index is 403. The van der Waals surface area contributed by atoms with Gasteiger partial charge in [0.15, 0.2) is 6.04 Å². The highest BCUT2D eigenvalue weighted by atomic mass is 16.4. The molecule has 2 amide bonds. The van der Waals surface area contributed by atoms with Gasteiger partial charge < -0.3 is 20.8 Å². The smallest absolute Gasteiger partial charge is 0.328 e. The lowest BCUT2D eigenvalue weighted by molar-refractivity contribution is -0.140. The van der Waals surface area contributed by atoms with Crippen molar-refractivity contribution in [3.63, 3.8) is 0 Å². The van der Waals surface area contributed by atoms with Gasteiger partial charge in [-0.15, -0.1) is 0 Å². The maximum absolute atomic E-state index is 11.3. The van der Waals surface area contributed by atoms with Crippen LogP contribution in [0.1, 0.15) is 5.69 Å². The Kier molecular flexibility index (Phi) is 4.46. The number of carboxylic acids is 1. The number of carbonyl (C=O) groups is 2. The van der Waals surface area contributed by atoms with Gasteiger partial charge in [-0.1, -0.05) is 0 Å². The van der Waals surface area contributed by atoms with Crippen LogP contribution >= 0.6 is 0 Å². The van der Waals surface area contributed by atoms with E-state index in [1.807, 2.05) is 0 Å². The van der Waals surface area contributed by atoms with Crippen LogP contribution in [0.25, 0.3) is 0 Å². The van der Waals surface area contributed by atoms with E-state index in [0.29, 0.717) is 5.69 Å². The van der Waals surface area contributed by atoms with E-state index in [-0.39, 0.29) is 6.54 Å². The average molecular weight is 242 g/mol. The van der Waals surface area contributed by atoms with Crippen LogP contribution in [0.4, 0.5) is 4.79 Å². The molecule has 8 heteroatoms. The molecule has 1 heterocycles. The van der Waals surface area contributed by atoms with Crippen molar-refractivity contribution in [3.8, 4) is 0 Å². The van der Waals surface area contributed by atoms with Gasteiger partial charge in [0, 0.05) is 13.2 Å². The Morgan fingerprint density at radius 3 is 2.76 bits per heavy atom. The summed E-state index contributed by atoms with van der Waals surface area (Å²) in [5, 5.41) is 25.9. The van der Waals surface area contributed by atoms with E-state index in [1.54, 1.807) is 24.0 Å². The van der Waals surface area contributed by atoms with Crippen LogP contribution < -0.4 is 10.6 Å². The molecule has 0 aliphatic heterocycles. The van der Waals surface area contributed by atoms with Gasteiger partial charge >= 0.3 is 12.0 Å². The Morgan fingerprint density at radius 1 is 1.59 bits per heavy atom. The van der Waals surface area contributed by atoms with E-state index >= 15 is 0 Å². The van der Waals surface area contributed by atoms with Crippen molar-refractivity contribution in [1.29, 1.82) is 0 Å². The monoisotopic (exact) mass is 242 g/mol. The largest absolute Gasteiger partial charge is 0.480 e. The molecular formula is C9H14N4O4. The van der Waals surface area contributed by atoms with Crippen molar-refractivity contribution in [2.24, 2.45) is 7.05 Å². The van der Waals surface area contributed by atoms with E-state index < -0.39 is 24.6 Å². The van der Waals surface area contributed by atoms with Crippen molar-refractivity contribution in [2.75, 3.05) is 6.61 Å². The van der Waals surface area contributed by atoms with E-state index in [0.717, 1.165) is 0 Å². The molecule has 1 aromatic heterocycles. The summed E-state index contributed by atoms with van der Waals surface area (Å²) in [6.07, 6.45) is 1.72. The topological polar surface area (TPSA) is 116 Å². The minimum absolute atomic E-state index is 0.185. The van der Waals surface area contributed by atoms with E-state index in [1.165, 1.54) is 0 Å². The zero-order chi connectivity index (χ0) is 12.8. The van der Waals surface area contributed by atoms with E-state index in [2.05, 4.69) is 15.7 Å². The molecule has 0 spiro atoms. The van der Waals surface area contributed by atoms with Crippen molar-refractivity contribution in [2.45, 2.75) is 12.6 Å². The Labute approximate surface area is 97.2 Å². The predicted octanol–water partition coefficient (Wildman–Crippen LogP) is -1.34. The summed E-state index contributed by atoms with van der Waals surface area (Å²) in [7, 11) is 1.75. The molecule has 94 valence electrons. The number of amides is 2. The molecule has 17 heavy (non-hydrogen) atoms. The number of nitrogens with one attached hydrogen (secondary N) is 2. The van der Waals surface area contributed by atoms with Gasteiger partial charge in [-0.3, -0.25) is 4.68 Å². The molecule has 4 N–H and O–H groups in total. The normalized spacial score (nSPS) is 11.9. The number of aliphatic hydroxyl groups excluding tert-OH is 1. The predicted molar refractivity (Wildman–Crippen MR) is 57.1 cm³/mol. The first-order chi connectivity index (χ1) is 8.02. The van der Waals surface area contributed by atoms with Crippen molar-refractivity contribution < 1.29 is 19.8 Å². The quantitative estimate of drug-likeness (QED) is 0.510. The van der Waals surface area contributed by atoms with Crippen molar-refractivity contribution in [3.05, 3.63) is 18.0 Å². The molecule has 8 nitrogen and oxygen atoms in total. The zero-order valence-electron chi connectivity index (χ0n) is 9.25. The summed E-state index contributed by atoms with van der Waals surface area (Å²) in [6, 6.07) is -0.253. The molecule has 0 fully saturated rings. The lowest BCUT2D eigenvalue weighted by Gasteiger charge is -2.11. The summed E-state index contributed by atoms with van der Waals surface area (Å²) >= 11 is 0. The van der Waals surface area contributed by atoms with Gasteiger partial charge in [0.25, 0.3) is 0 Å². The van der Waals surface area contributed by atoms with Crippen LogP contribution in [0.5, 0.6) is 0 Å². The lowest BCUT2D eigenvalue weighted by Crippen LogP contribution is -2.47. The highest BCUT2D eigenvalue weighted by molar-refractivity contribution is 5.82. The fraction of sp³-hybridized carbons (Fsp3) is 0.444. The first-order valence-electron chi connectivity index (χ1n) is 4.89. The highest BCUT2D eigenvalue weighted by Gasteiger charge is 2.18. The number of aromatic nitrogens is 2. The van der Waals surface area contributed by atoms with E-state index in [4.69, 9.17) is 10.2 Å². The lowest BCUT2D eigenvalue weighted by atomic mass is 10.3. The van der Waals surface area contributed by atoms with Crippen LogP contribution in [-0.2, 0) is 18.4 Å². The van der Waals surface area contributed by atoms with Crippen LogP contribution in [0, 0.1) is 0 Å².